The van der Waals surface area contributed by atoms with E-state index >= 15 is 0 Å². The molecule has 2 aromatic carbocycles. The topological polar surface area (TPSA) is 40.2 Å². The molecular weight excluding hydrogens is 310 g/mol. The van der Waals surface area contributed by atoms with Crippen LogP contribution in [0.2, 0.25) is 5.02 Å². The Balaban J connectivity index is 1.91. The maximum Gasteiger partial charge on any atom is 0.401 e. The molecule has 0 spiro atoms. The number of para-hydroxylation sites is 1. The molecular formula is C18H15ClN3O+. The zero-order chi connectivity index (χ0) is 15.9. The molecule has 1 N–H and O–H groups in total. The van der Waals surface area contributed by atoms with E-state index in [4.69, 9.17) is 11.6 Å². The van der Waals surface area contributed by atoms with Gasteiger partial charge in [0.2, 0.25) is 5.72 Å². The first-order valence-corrected chi connectivity index (χ1v) is 7.74. The number of hydrogen-bond acceptors (Lipinski definition) is 3. The van der Waals surface area contributed by atoms with Crippen LogP contribution in [0.1, 0.15) is 5.56 Å². The van der Waals surface area contributed by atoms with Gasteiger partial charge in [-0.15, -0.1) is 0 Å². The van der Waals surface area contributed by atoms with Crippen molar-refractivity contribution in [2.24, 2.45) is 0 Å². The van der Waals surface area contributed by atoms with Crippen LogP contribution in [0.5, 0.6) is 0 Å². The van der Waals surface area contributed by atoms with Crippen LogP contribution in [-0.4, -0.2) is 10.1 Å². The van der Waals surface area contributed by atoms with Crippen LogP contribution in [0.3, 0.4) is 0 Å². The van der Waals surface area contributed by atoms with E-state index in [1.807, 2.05) is 64.2 Å². The Morgan fingerprint density at radius 1 is 1.04 bits per heavy atom. The fraction of sp³-hybridized carbons (Fsp3) is 0.111. The molecule has 0 bridgehead atoms. The Kier molecular flexibility index (Phi) is 3.29. The van der Waals surface area contributed by atoms with E-state index < -0.39 is 5.72 Å². The van der Waals surface area contributed by atoms with Gasteiger partial charge in [0.25, 0.3) is 0 Å². The lowest BCUT2D eigenvalue weighted by Gasteiger charge is -2.28. The van der Waals surface area contributed by atoms with Crippen molar-refractivity contribution in [3.63, 3.8) is 0 Å². The maximum absolute atomic E-state index is 11.5. The standard InChI is InChI=1S/C18H15ClN3O/c19-15-9-7-14(8-10-15)18(23)13-21-12-4-11-20-17(21)22(18)16-5-2-1-3-6-16/h1-12,23H,13H2/q+1. The molecule has 4 nitrogen and oxygen atoms in total. The van der Waals surface area contributed by atoms with E-state index in [1.165, 1.54) is 0 Å². The highest BCUT2D eigenvalue weighted by atomic mass is 35.5. The lowest BCUT2D eigenvalue weighted by atomic mass is 10.0. The summed E-state index contributed by atoms with van der Waals surface area (Å²) in [5.41, 5.74) is 0.443. The van der Waals surface area contributed by atoms with Crippen LogP contribution in [-0.2, 0) is 12.3 Å². The average molecular weight is 325 g/mol. The molecule has 0 aliphatic carbocycles. The van der Waals surface area contributed by atoms with Gasteiger partial charge in [0.1, 0.15) is 18.4 Å². The van der Waals surface area contributed by atoms with Gasteiger partial charge in [-0.1, -0.05) is 46.9 Å². The zero-order valence-electron chi connectivity index (χ0n) is 12.3. The van der Waals surface area contributed by atoms with Crippen LogP contribution >= 0.6 is 11.6 Å². The molecule has 23 heavy (non-hydrogen) atoms. The second-order valence-electron chi connectivity index (χ2n) is 5.54. The minimum Gasteiger partial charge on any atom is -0.352 e. The van der Waals surface area contributed by atoms with Gasteiger partial charge < -0.3 is 5.11 Å². The van der Waals surface area contributed by atoms with Gasteiger partial charge in [-0.2, -0.15) is 4.90 Å². The van der Waals surface area contributed by atoms with Crippen molar-refractivity contribution in [1.29, 1.82) is 0 Å². The van der Waals surface area contributed by atoms with Gasteiger partial charge >= 0.3 is 5.95 Å². The number of anilines is 2. The third-order valence-electron chi connectivity index (χ3n) is 4.08. The third kappa shape index (κ3) is 2.27. The van der Waals surface area contributed by atoms with Gasteiger partial charge in [-0.05, 0) is 24.3 Å². The number of aliphatic hydroxyl groups is 1. The molecule has 1 aliphatic rings. The summed E-state index contributed by atoms with van der Waals surface area (Å²) >= 11 is 5.99. The second kappa shape index (κ2) is 5.33. The van der Waals surface area contributed by atoms with Crippen molar-refractivity contribution >= 4 is 23.2 Å². The molecule has 0 saturated carbocycles. The molecule has 5 heteroatoms. The van der Waals surface area contributed by atoms with Crippen LogP contribution in [0.25, 0.3) is 0 Å². The van der Waals surface area contributed by atoms with Crippen LogP contribution < -0.4 is 9.47 Å². The number of benzene rings is 2. The quantitative estimate of drug-likeness (QED) is 0.737. The fourth-order valence-electron chi connectivity index (χ4n) is 3.02. The maximum atomic E-state index is 11.5. The summed E-state index contributed by atoms with van der Waals surface area (Å²) < 4.78 is 1.95. The summed E-state index contributed by atoms with van der Waals surface area (Å²) in [7, 11) is 0. The lowest BCUT2D eigenvalue weighted by molar-refractivity contribution is -0.685. The Hall–Kier alpha value is -2.43. The van der Waals surface area contributed by atoms with Gasteiger partial charge in [-0.25, -0.2) is 4.57 Å². The summed E-state index contributed by atoms with van der Waals surface area (Å²) in [5, 5.41) is 12.2. The number of rotatable bonds is 2. The molecule has 2 heterocycles. The predicted molar refractivity (Wildman–Crippen MR) is 88.4 cm³/mol. The van der Waals surface area contributed by atoms with Crippen molar-refractivity contribution in [3.05, 3.63) is 83.6 Å². The summed E-state index contributed by atoms with van der Waals surface area (Å²) in [6.07, 6.45) is 3.65. The fourth-order valence-corrected chi connectivity index (χ4v) is 3.15. The molecule has 114 valence electrons. The first-order chi connectivity index (χ1) is 11.2. The molecule has 0 radical (unpaired) electrons. The lowest BCUT2D eigenvalue weighted by Crippen LogP contribution is -2.43. The molecule has 0 saturated heterocycles. The second-order valence-corrected chi connectivity index (χ2v) is 5.98. The molecule has 0 amide bonds. The largest absolute Gasteiger partial charge is 0.401 e. The molecule has 1 atom stereocenters. The number of nitrogens with zero attached hydrogens (tertiary/aromatic N) is 3. The van der Waals surface area contributed by atoms with E-state index in [0.29, 0.717) is 17.5 Å². The van der Waals surface area contributed by atoms with Crippen LogP contribution in [0.4, 0.5) is 11.6 Å². The predicted octanol–water partition coefficient (Wildman–Crippen LogP) is 3.02. The Morgan fingerprint density at radius 3 is 2.52 bits per heavy atom. The van der Waals surface area contributed by atoms with Crippen LogP contribution in [0.15, 0.2) is 73.1 Å². The van der Waals surface area contributed by atoms with Crippen molar-refractivity contribution in [3.8, 4) is 0 Å². The van der Waals surface area contributed by atoms with Crippen molar-refractivity contribution in [2.45, 2.75) is 12.3 Å². The minimum absolute atomic E-state index is 0.396. The molecule has 0 fully saturated rings. The smallest absolute Gasteiger partial charge is 0.352 e. The van der Waals surface area contributed by atoms with Crippen molar-refractivity contribution < 1.29 is 9.67 Å². The average Bonchev–Trinajstić information content (AvgIpc) is 2.89. The highest BCUT2D eigenvalue weighted by molar-refractivity contribution is 6.30. The highest BCUT2D eigenvalue weighted by Gasteiger charge is 2.52. The SMILES string of the molecule is OC1(c2ccc(Cl)cc2)C[n+]2cccnc2N1c1ccccc1. The van der Waals surface area contributed by atoms with E-state index in [1.54, 1.807) is 18.3 Å². The summed E-state index contributed by atoms with van der Waals surface area (Å²) in [4.78, 5) is 6.32. The monoisotopic (exact) mass is 324 g/mol. The van der Waals surface area contributed by atoms with Gasteiger partial charge in [0, 0.05) is 16.7 Å². The van der Waals surface area contributed by atoms with E-state index in [-0.39, 0.29) is 0 Å². The number of halogens is 1. The third-order valence-corrected chi connectivity index (χ3v) is 4.33. The van der Waals surface area contributed by atoms with E-state index in [2.05, 4.69) is 4.98 Å². The molecule has 1 aliphatic heterocycles. The minimum atomic E-state index is -1.21. The molecule has 1 unspecified atom stereocenters. The molecule has 1 aromatic heterocycles. The highest BCUT2D eigenvalue weighted by Crippen LogP contribution is 2.39. The summed E-state index contributed by atoms with van der Waals surface area (Å²) in [5.74, 6) is 0.705. The van der Waals surface area contributed by atoms with Gasteiger partial charge in [0.05, 0.1) is 6.20 Å². The number of hydrogen-bond donors (Lipinski definition) is 1. The summed E-state index contributed by atoms with van der Waals surface area (Å²) in [6, 6.07) is 18.9. The Bertz CT molecular complexity index is 838. The number of fused-ring (bicyclic) bond motifs is 1. The van der Waals surface area contributed by atoms with Gasteiger partial charge in [0.15, 0.2) is 0 Å². The van der Waals surface area contributed by atoms with Gasteiger partial charge in [-0.3, -0.25) is 0 Å². The number of aromatic nitrogens is 2. The van der Waals surface area contributed by atoms with Crippen molar-refractivity contribution in [1.82, 2.24) is 4.98 Å². The van der Waals surface area contributed by atoms with Crippen molar-refractivity contribution in [2.75, 3.05) is 4.90 Å². The Labute approximate surface area is 139 Å². The van der Waals surface area contributed by atoms with E-state index in [0.717, 1.165) is 11.3 Å². The first kappa shape index (κ1) is 14.2. The van der Waals surface area contributed by atoms with E-state index in [9.17, 15) is 5.11 Å². The normalized spacial score (nSPS) is 19.7. The summed E-state index contributed by atoms with van der Waals surface area (Å²) in [6.45, 7) is 0.396. The van der Waals surface area contributed by atoms with Crippen LogP contribution in [0, 0.1) is 0 Å². The molecule has 4 rings (SSSR count). The first-order valence-electron chi connectivity index (χ1n) is 7.37. The zero-order valence-corrected chi connectivity index (χ0v) is 13.1. The Morgan fingerprint density at radius 2 is 1.78 bits per heavy atom. The molecule has 3 aromatic rings.